The normalized spacial score (nSPS) is 19.8. The lowest BCUT2D eigenvalue weighted by Crippen LogP contribution is -2.27. The summed E-state index contributed by atoms with van der Waals surface area (Å²) in [5.41, 5.74) is 1.05. The van der Waals surface area contributed by atoms with E-state index in [2.05, 4.69) is 27.2 Å². The lowest BCUT2D eigenvalue weighted by atomic mass is 10.1. The van der Waals surface area contributed by atoms with E-state index in [9.17, 15) is 0 Å². The summed E-state index contributed by atoms with van der Waals surface area (Å²) in [6.07, 6.45) is 6.60. The third kappa shape index (κ3) is 4.04. The SMILES string of the molecule is CN(Cc1cnccn1)CC1CCNC1.Cl. The molecule has 1 unspecified atom stereocenters. The van der Waals surface area contributed by atoms with Crippen molar-refractivity contribution in [2.75, 3.05) is 26.7 Å². The topological polar surface area (TPSA) is 41.1 Å². The third-order valence-electron chi connectivity index (χ3n) is 2.78. The zero-order valence-electron chi connectivity index (χ0n) is 9.59. The minimum Gasteiger partial charge on any atom is -0.316 e. The molecule has 0 radical (unpaired) electrons. The van der Waals surface area contributed by atoms with Gasteiger partial charge in [0.25, 0.3) is 0 Å². The van der Waals surface area contributed by atoms with Gasteiger partial charge in [0.1, 0.15) is 0 Å². The average Bonchev–Trinajstić information content (AvgIpc) is 2.71. The fourth-order valence-electron chi connectivity index (χ4n) is 2.06. The first kappa shape index (κ1) is 13.4. The van der Waals surface area contributed by atoms with Crippen LogP contribution < -0.4 is 5.32 Å². The molecule has 1 fully saturated rings. The summed E-state index contributed by atoms with van der Waals surface area (Å²) in [5, 5.41) is 3.39. The zero-order chi connectivity index (χ0) is 10.5. The van der Waals surface area contributed by atoms with Gasteiger partial charge in [0.05, 0.1) is 5.69 Å². The molecule has 0 amide bonds. The molecule has 0 aliphatic carbocycles. The second-order valence-electron chi connectivity index (χ2n) is 4.25. The quantitative estimate of drug-likeness (QED) is 0.853. The molecule has 0 aromatic carbocycles. The smallest absolute Gasteiger partial charge is 0.0726 e. The molecule has 1 aromatic rings. The molecule has 0 saturated carbocycles. The summed E-state index contributed by atoms with van der Waals surface area (Å²) in [5.74, 6) is 0.798. The second-order valence-corrected chi connectivity index (χ2v) is 4.25. The van der Waals surface area contributed by atoms with E-state index in [1.807, 2.05) is 6.20 Å². The van der Waals surface area contributed by atoms with Crippen molar-refractivity contribution >= 4 is 12.4 Å². The first-order chi connectivity index (χ1) is 7.34. The molecule has 4 nitrogen and oxygen atoms in total. The van der Waals surface area contributed by atoms with Crippen LogP contribution in [-0.4, -0.2) is 41.5 Å². The van der Waals surface area contributed by atoms with Crippen LogP contribution in [0.3, 0.4) is 0 Å². The highest BCUT2D eigenvalue weighted by molar-refractivity contribution is 5.85. The van der Waals surface area contributed by atoms with E-state index in [1.165, 1.54) is 13.0 Å². The predicted octanol–water partition coefficient (Wildman–Crippen LogP) is 0.940. The van der Waals surface area contributed by atoms with Crippen molar-refractivity contribution in [3.8, 4) is 0 Å². The first-order valence-corrected chi connectivity index (χ1v) is 5.49. The van der Waals surface area contributed by atoms with Crippen LogP contribution in [0.4, 0.5) is 0 Å². The molecule has 2 heterocycles. The monoisotopic (exact) mass is 242 g/mol. The minimum atomic E-state index is 0. The van der Waals surface area contributed by atoms with Crippen molar-refractivity contribution in [3.63, 3.8) is 0 Å². The van der Waals surface area contributed by atoms with Crippen molar-refractivity contribution in [2.45, 2.75) is 13.0 Å². The molecule has 16 heavy (non-hydrogen) atoms. The molecule has 1 aliphatic rings. The third-order valence-corrected chi connectivity index (χ3v) is 2.78. The van der Waals surface area contributed by atoms with Gasteiger partial charge in [0, 0.05) is 31.7 Å². The molecule has 1 saturated heterocycles. The molecular formula is C11H19ClN4. The van der Waals surface area contributed by atoms with Crippen LogP contribution in [0.15, 0.2) is 18.6 Å². The Bertz CT molecular complexity index is 287. The lowest BCUT2D eigenvalue weighted by Gasteiger charge is -2.19. The fourth-order valence-corrected chi connectivity index (χ4v) is 2.06. The highest BCUT2D eigenvalue weighted by Gasteiger charge is 2.16. The van der Waals surface area contributed by atoms with Crippen LogP contribution in [-0.2, 0) is 6.54 Å². The zero-order valence-corrected chi connectivity index (χ0v) is 10.4. The number of hydrogen-bond donors (Lipinski definition) is 1. The largest absolute Gasteiger partial charge is 0.316 e. The first-order valence-electron chi connectivity index (χ1n) is 5.49. The maximum absolute atomic E-state index is 4.27. The number of nitrogens with one attached hydrogen (secondary N) is 1. The Kier molecular flexibility index (Phi) is 5.66. The van der Waals surface area contributed by atoms with Crippen LogP contribution in [0.5, 0.6) is 0 Å². The summed E-state index contributed by atoms with van der Waals surface area (Å²) in [6, 6.07) is 0. The summed E-state index contributed by atoms with van der Waals surface area (Å²) in [7, 11) is 2.15. The maximum atomic E-state index is 4.27. The number of hydrogen-bond acceptors (Lipinski definition) is 4. The highest BCUT2D eigenvalue weighted by Crippen LogP contribution is 2.09. The Labute approximate surface area is 103 Å². The van der Waals surface area contributed by atoms with Crippen LogP contribution in [0, 0.1) is 5.92 Å². The van der Waals surface area contributed by atoms with E-state index < -0.39 is 0 Å². The fraction of sp³-hybridized carbons (Fsp3) is 0.636. The Balaban J connectivity index is 0.00000128. The Morgan fingerprint density at radius 2 is 2.38 bits per heavy atom. The number of rotatable bonds is 4. The van der Waals surface area contributed by atoms with Crippen molar-refractivity contribution in [2.24, 2.45) is 5.92 Å². The average molecular weight is 243 g/mol. The van der Waals surface area contributed by atoms with Gasteiger partial charge < -0.3 is 10.2 Å². The van der Waals surface area contributed by atoms with Crippen LogP contribution in [0.2, 0.25) is 0 Å². The molecule has 1 aromatic heterocycles. The van der Waals surface area contributed by atoms with E-state index in [0.717, 1.165) is 31.2 Å². The molecule has 1 atom stereocenters. The van der Waals surface area contributed by atoms with Crippen molar-refractivity contribution in [1.29, 1.82) is 0 Å². The molecule has 0 bridgehead atoms. The minimum absolute atomic E-state index is 0. The Hall–Kier alpha value is -0.710. The van der Waals surface area contributed by atoms with Crippen LogP contribution in [0.25, 0.3) is 0 Å². The highest BCUT2D eigenvalue weighted by atomic mass is 35.5. The Morgan fingerprint density at radius 1 is 1.50 bits per heavy atom. The van der Waals surface area contributed by atoms with Gasteiger partial charge >= 0.3 is 0 Å². The van der Waals surface area contributed by atoms with Gasteiger partial charge in [-0.15, -0.1) is 12.4 Å². The van der Waals surface area contributed by atoms with Crippen molar-refractivity contribution in [3.05, 3.63) is 24.3 Å². The van der Waals surface area contributed by atoms with Gasteiger partial charge in [-0.05, 0) is 32.5 Å². The molecule has 2 rings (SSSR count). The van der Waals surface area contributed by atoms with Gasteiger partial charge in [0.15, 0.2) is 0 Å². The summed E-state index contributed by atoms with van der Waals surface area (Å²) >= 11 is 0. The van der Waals surface area contributed by atoms with Gasteiger partial charge in [-0.1, -0.05) is 0 Å². The standard InChI is InChI=1S/C11H18N4.ClH/c1-15(8-10-2-3-12-6-10)9-11-7-13-4-5-14-11;/h4-5,7,10,12H,2-3,6,8-9H2,1H3;1H. The summed E-state index contributed by atoms with van der Waals surface area (Å²) in [6.45, 7) is 4.36. The van der Waals surface area contributed by atoms with E-state index >= 15 is 0 Å². The van der Waals surface area contributed by atoms with Crippen LogP contribution in [0.1, 0.15) is 12.1 Å². The van der Waals surface area contributed by atoms with Crippen molar-refractivity contribution in [1.82, 2.24) is 20.2 Å². The van der Waals surface area contributed by atoms with E-state index in [-0.39, 0.29) is 12.4 Å². The molecule has 1 N–H and O–H groups in total. The van der Waals surface area contributed by atoms with E-state index in [4.69, 9.17) is 0 Å². The molecule has 0 spiro atoms. The molecule has 1 aliphatic heterocycles. The van der Waals surface area contributed by atoms with Gasteiger partial charge in [0.2, 0.25) is 0 Å². The second kappa shape index (κ2) is 6.78. The number of aromatic nitrogens is 2. The van der Waals surface area contributed by atoms with Gasteiger partial charge in [-0.2, -0.15) is 0 Å². The lowest BCUT2D eigenvalue weighted by molar-refractivity contribution is 0.275. The van der Waals surface area contributed by atoms with E-state index in [1.54, 1.807) is 12.4 Å². The summed E-state index contributed by atoms with van der Waals surface area (Å²) in [4.78, 5) is 10.7. The van der Waals surface area contributed by atoms with Crippen molar-refractivity contribution < 1.29 is 0 Å². The molecule has 90 valence electrons. The molecular weight excluding hydrogens is 224 g/mol. The Morgan fingerprint density at radius 3 is 3.00 bits per heavy atom. The number of nitrogens with zero attached hydrogens (tertiary/aromatic N) is 3. The molecule has 5 heteroatoms. The van der Waals surface area contributed by atoms with Crippen LogP contribution >= 0.6 is 12.4 Å². The maximum Gasteiger partial charge on any atom is 0.0726 e. The number of halogens is 1. The predicted molar refractivity (Wildman–Crippen MR) is 66.6 cm³/mol. The summed E-state index contributed by atoms with van der Waals surface area (Å²) < 4.78 is 0. The van der Waals surface area contributed by atoms with Gasteiger partial charge in [-0.3, -0.25) is 9.97 Å². The van der Waals surface area contributed by atoms with E-state index in [0.29, 0.717) is 0 Å². The van der Waals surface area contributed by atoms with Gasteiger partial charge in [-0.25, -0.2) is 0 Å².